The maximum Gasteiger partial charge on any atom is 0.407 e. The fourth-order valence-electron chi connectivity index (χ4n) is 3.24. The summed E-state index contributed by atoms with van der Waals surface area (Å²) in [5.41, 5.74) is 1.80. The lowest BCUT2D eigenvalue weighted by atomic mass is 9.94. The SMILES string of the molecule is CC(=O)Oc1ccc(C2=Cc3ccc(OC(C)=O)cc3OC2CNC(=O)OC(C)(C)C)cc1. The summed E-state index contributed by atoms with van der Waals surface area (Å²) in [6, 6.07) is 12.1. The van der Waals surface area contributed by atoms with Gasteiger partial charge in [-0.3, -0.25) is 9.59 Å². The Morgan fingerprint density at radius 2 is 1.55 bits per heavy atom. The second-order valence-electron chi connectivity index (χ2n) is 8.50. The van der Waals surface area contributed by atoms with E-state index in [0.29, 0.717) is 17.2 Å². The van der Waals surface area contributed by atoms with Crippen LogP contribution in [0.1, 0.15) is 45.7 Å². The molecule has 0 saturated carbocycles. The maximum atomic E-state index is 12.2. The summed E-state index contributed by atoms with van der Waals surface area (Å²) in [6.45, 7) is 8.16. The third-order valence-electron chi connectivity index (χ3n) is 4.45. The number of fused-ring (bicyclic) bond motifs is 1. The van der Waals surface area contributed by atoms with Crippen LogP contribution in [0.15, 0.2) is 42.5 Å². The Bertz CT molecular complexity index is 1080. The molecule has 1 aliphatic heterocycles. The first-order chi connectivity index (χ1) is 15.5. The molecular weight excluding hydrogens is 426 g/mol. The molecule has 1 N–H and O–H groups in total. The van der Waals surface area contributed by atoms with Crippen molar-refractivity contribution >= 4 is 29.7 Å². The van der Waals surface area contributed by atoms with Gasteiger partial charge in [-0.1, -0.05) is 12.1 Å². The van der Waals surface area contributed by atoms with Gasteiger partial charge in [0.1, 0.15) is 29.0 Å². The van der Waals surface area contributed by atoms with E-state index in [1.54, 1.807) is 51.1 Å². The van der Waals surface area contributed by atoms with Gasteiger partial charge in [-0.05, 0) is 56.7 Å². The van der Waals surface area contributed by atoms with Crippen LogP contribution in [0.25, 0.3) is 11.6 Å². The summed E-state index contributed by atoms with van der Waals surface area (Å²) < 4.78 is 21.8. The molecular formula is C25H27NO7. The van der Waals surface area contributed by atoms with E-state index in [0.717, 1.165) is 16.7 Å². The molecule has 0 bridgehead atoms. The number of hydrogen-bond donors (Lipinski definition) is 1. The minimum atomic E-state index is -0.631. The fourth-order valence-corrected chi connectivity index (χ4v) is 3.24. The van der Waals surface area contributed by atoms with E-state index in [2.05, 4.69) is 5.32 Å². The van der Waals surface area contributed by atoms with Crippen molar-refractivity contribution in [1.29, 1.82) is 0 Å². The lowest BCUT2D eigenvalue weighted by Gasteiger charge is -2.29. The van der Waals surface area contributed by atoms with Gasteiger partial charge >= 0.3 is 18.0 Å². The topological polar surface area (TPSA) is 100 Å². The van der Waals surface area contributed by atoms with Gasteiger partial charge in [-0.15, -0.1) is 0 Å². The molecule has 0 saturated heterocycles. The highest BCUT2D eigenvalue weighted by molar-refractivity contribution is 5.88. The second kappa shape index (κ2) is 9.77. The van der Waals surface area contributed by atoms with Gasteiger partial charge in [0.2, 0.25) is 0 Å². The summed E-state index contributed by atoms with van der Waals surface area (Å²) in [6.07, 6.45) is 0.839. The number of esters is 2. The van der Waals surface area contributed by atoms with Crippen LogP contribution in [0.5, 0.6) is 17.2 Å². The van der Waals surface area contributed by atoms with E-state index in [1.807, 2.05) is 18.2 Å². The molecule has 8 heteroatoms. The van der Waals surface area contributed by atoms with Crippen molar-refractivity contribution in [2.75, 3.05) is 6.54 Å². The van der Waals surface area contributed by atoms with Crippen molar-refractivity contribution in [2.45, 2.75) is 46.3 Å². The van der Waals surface area contributed by atoms with E-state index >= 15 is 0 Å². The zero-order chi connectivity index (χ0) is 24.2. The van der Waals surface area contributed by atoms with Crippen LogP contribution in [0.3, 0.4) is 0 Å². The zero-order valence-corrected chi connectivity index (χ0v) is 19.3. The van der Waals surface area contributed by atoms with Gasteiger partial charge in [0.05, 0.1) is 6.54 Å². The lowest BCUT2D eigenvalue weighted by molar-refractivity contribution is -0.132. The Kier molecular flexibility index (Phi) is 7.06. The monoisotopic (exact) mass is 453 g/mol. The normalized spacial score (nSPS) is 14.8. The number of ether oxygens (including phenoxy) is 4. The van der Waals surface area contributed by atoms with Crippen molar-refractivity contribution < 1.29 is 33.3 Å². The molecule has 1 amide bonds. The molecule has 8 nitrogen and oxygen atoms in total. The first-order valence-electron chi connectivity index (χ1n) is 10.5. The molecule has 2 aromatic rings. The van der Waals surface area contributed by atoms with Crippen LogP contribution in [0.4, 0.5) is 4.79 Å². The Balaban J connectivity index is 1.89. The standard InChI is InChI=1S/C25H27NO7/c1-15(27)30-19-9-6-17(7-10-19)21-12-18-8-11-20(31-16(2)28)13-22(18)32-23(21)14-26-24(29)33-25(3,4)5/h6-13,23H,14H2,1-5H3,(H,26,29). The van der Waals surface area contributed by atoms with Crippen molar-refractivity contribution in [1.82, 2.24) is 5.32 Å². The quantitative estimate of drug-likeness (QED) is 0.530. The summed E-state index contributed by atoms with van der Waals surface area (Å²) in [5.74, 6) is 0.476. The minimum absolute atomic E-state index is 0.143. The number of rotatable bonds is 5. The molecule has 1 unspecified atom stereocenters. The van der Waals surface area contributed by atoms with E-state index in [4.69, 9.17) is 18.9 Å². The molecule has 0 radical (unpaired) electrons. The van der Waals surface area contributed by atoms with Gasteiger partial charge in [0.15, 0.2) is 0 Å². The van der Waals surface area contributed by atoms with E-state index in [1.165, 1.54) is 13.8 Å². The Labute approximate surface area is 192 Å². The number of alkyl carbamates (subject to hydrolysis) is 1. The summed E-state index contributed by atoms with van der Waals surface area (Å²) in [4.78, 5) is 34.7. The molecule has 1 heterocycles. The van der Waals surface area contributed by atoms with Crippen LogP contribution in [-0.4, -0.2) is 36.3 Å². The highest BCUT2D eigenvalue weighted by atomic mass is 16.6. The van der Waals surface area contributed by atoms with Crippen LogP contribution in [-0.2, 0) is 14.3 Å². The van der Waals surface area contributed by atoms with Gasteiger partial charge < -0.3 is 24.3 Å². The average molecular weight is 453 g/mol. The molecule has 3 rings (SSSR count). The summed E-state index contributed by atoms with van der Waals surface area (Å²) in [5, 5.41) is 2.74. The van der Waals surface area contributed by atoms with Crippen LogP contribution in [0, 0.1) is 0 Å². The van der Waals surface area contributed by atoms with Crippen LogP contribution >= 0.6 is 0 Å². The van der Waals surface area contributed by atoms with Crippen molar-refractivity contribution in [3.63, 3.8) is 0 Å². The molecule has 0 aliphatic carbocycles. The third-order valence-corrected chi connectivity index (χ3v) is 4.45. The summed E-state index contributed by atoms with van der Waals surface area (Å²) >= 11 is 0. The number of hydrogen-bond acceptors (Lipinski definition) is 7. The van der Waals surface area contributed by atoms with Gasteiger partial charge in [-0.2, -0.15) is 0 Å². The number of nitrogens with one attached hydrogen (secondary N) is 1. The zero-order valence-electron chi connectivity index (χ0n) is 19.3. The smallest absolute Gasteiger partial charge is 0.407 e. The van der Waals surface area contributed by atoms with Crippen LogP contribution in [0.2, 0.25) is 0 Å². The first kappa shape index (κ1) is 23.8. The molecule has 33 heavy (non-hydrogen) atoms. The van der Waals surface area contributed by atoms with E-state index < -0.39 is 29.7 Å². The number of amides is 1. The Morgan fingerprint density at radius 3 is 2.15 bits per heavy atom. The molecule has 1 aliphatic rings. The fraction of sp³-hybridized carbons (Fsp3) is 0.320. The highest BCUT2D eigenvalue weighted by Gasteiger charge is 2.26. The molecule has 0 aromatic heterocycles. The predicted molar refractivity (Wildman–Crippen MR) is 122 cm³/mol. The number of carbonyl (C=O) groups is 3. The van der Waals surface area contributed by atoms with Gasteiger partial charge in [-0.25, -0.2) is 4.79 Å². The largest absolute Gasteiger partial charge is 0.483 e. The van der Waals surface area contributed by atoms with E-state index in [-0.39, 0.29) is 6.54 Å². The number of carbonyl (C=O) groups excluding carboxylic acids is 3. The lowest BCUT2D eigenvalue weighted by Crippen LogP contribution is -2.40. The molecule has 0 spiro atoms. The Hall–Kier alpha value is -3.81. The first-order valence-corrected chi connectivity index (χ1v) is 10.5. The number of benzene rings is 2. The molecule has 0 fully saturated rings. The average Bonchev–Trinajstić information content (AvgIpc) is 2.70. The van der Waals surface area contributed by atoms with Gasteiger partial charge in [0, 0.05) is 31.1 Å². The second-order valence-corrected chi connectivity index (χ2v) is 8.50. The Morgan fingerprint density at radius 1 is 0.939 bits per heavy atom. The van der Waals surface area contributed by atoms with Gasteiger partial charge in [0.25, 0.3) is 0 Å². The van der Waals surface area contributed by atoms with Crippen LogP contribution < -0.4 is 19.5 Å². The van der Waals surface area contributed by atoms with Crippen molar-refractivity contribution in [2.24, 2.45) is 0 Å². The van der Waals surface area contributed by atoms with Crippen molar-refractivity contribution in [3.05, 3.63) is 53.6 Å². The van der Waals surface area contributed by atoms with E-state index in [9.17, 15) is 14.4 Å². The van der Waals surface area contributed by atoms with Crippen molar-refractivity contribution in [3.8, 4) is 17.2 Å². The molecule has 1 atom stereocenters. The highest BCUT2D eigenvalue weighted by Crippen LogP contribution is 2.37. The minimum Gasteiger partial charge on any atom is -0.483 e. The third kappa shape index (κ3) is 6.83. The maximum absolute atomic E-state index is 12.2. The summed E-state index contributed by atoms with van der Waals surface area (Å²) in [7, 11) is 0. The molecule has 2 aromatic carbocycles. The predicted octanol–water partition coefficient (Wildman–Crippen LogP) is 4.36. The molecule has 174 valence electrons.